The van der Waals surface area contributed by atoms with Crippen LogP contribution in [0.3, 0.4) is 0 Å². The summed E-state index contributed by atoms with van der Waals surface area (Å²) in [5, 5.41) is 11.8. The molecule has 0 aromatic carbocycles. The van der Waals surface area contributed by atoms with Crippen LogP contribution in [-0.4, -0.2) is 23.0 Å². The topological polar surface area (TPSA) is 66.4 Å². The van der Waals surface area contributed by atoms with E-state index in [0.717, 1.165) is 32.1 Å². The zero-order chi connectivity index (χ0) is 12.3. The Morgan fingerprint density at radius 1 is 1.29 bits per heavy atom. The molecule has 2 rings (SSSR count). The van der Waals surface area contributed by atoms with Crippen molar-refractivity contribution in [2.24, 2.45) is 11.8 Å². The Bertz CT molecular complexity index is 334. The van der Waals surface area contributed by atoms with Crippen molar-refractivity contribution in [3.63, 3.8) is 0 Å². The van der Waals surface area contributed by atoms with Crippen molar-refractivity contribution >= 4 is 11.9 Å². The molecule has 0 bridgehead atoms. The monoisotopic (exact) mass is 237 g/mol. The summed E-state index contributed by atoms with van der Waals surface area (Å²) < 4.78 is 0. The Labute approximate surface area is 101 Å². The Hall–Kier alpha value is -1.32. The predicted octanol–water partition coefficient (Wildman–Crippen LogP) is 1.71. The summed E-state index contributed by atoms with van der Waals surface area (Å²) in [6, 6.07) is -0.694. The number of carbonyl (C=O) groups excluding carboxylic acids is 1. The molecule has 0 radical (unpaired) electrons. The molecule has 2 unspecified atom stereocenters. The van der Waals surface area contributed by atoms with Crippen molar-refractivity contribution in [2.75, 3.05) is 0 Å². The minimum Gasteiger partial charge on any atom is -0.480 e. The smallest absolute Gasteiger partial charge is 0.326 e. The molecule has 1 amide bonds. The molecule has 0 spiro atoms. The van der Waals surface area contributed by atoms with Crippen LogP contribution in [0.4, 0.5) is 0 Å². The van der Waals surface area contributed by atoms with Gasteiger partial charge in [0.15, 0.2) is 0 Å². The van der Waals surface area contributed by atoms with E-state index >= 15 is 0 Å². The van der Waals surface area contributed by atoms with Crippen molar-refractivity contribution in [1.82, 2.24) is 5.32 Å². The van der Waals surface area contributed by atoms with Gasteiger partial charge in [0.2, 0.25) is 5.91 Å². The number of carboxylic acids is 1. The van der Waals surface area contributed by atoms with E-state index in [-0.39, 0.29) is 11.8 Å². The molecule has 0 aromatic rings. The van der Waals surface area contributed by atoms with Crippen molar-refractivity contribution in [1.29, 1.82) is 0 Å². The molecule has 0 saturated heterocycles. The molecule has 0 aromatic heterocycles. The molecular formula is C13H19NO3. The first kappa shape index (κ1) is 12.1. The SMILES string of the molecule is O=C(NC(CC1CC1)C(=O)O)C1CC=CCC1. The van der Waals surface area contributed by atoms with Crippen LogP contribution in [-0.2, 0) is 9.59 Å². The Morgan fingerprint density at radius 2 is 2.06 bits per heavy atom. The van der Waals surface area contributed by atoms with Crippen LogP contribution < -0.4 is 5.32 Å². The highest BCUT2D eigenvalue weighted by atomic mass is 16.4. The van der Waals surface area contributed by atoms with Gasteiger partial charge in [0.1, 0.15) is 6.04 Å². The number of hydrogen-bond acceptors (Lipinski definition) is 2. The van der Waals surface area contributed by atoms with Crippen LogP contribution in [0.15, 0.2) is 12.2 Å². The van der Waals surface area contributed by atoms with Gasteiger partial charge >= 0.3 is 5.97 Å². The van der Waals surface area contributed by atoms with Gasteiger partial charge in [-0.3, -0.25) is 4.79 Å². The molecule has 0 heterocycles. The minimum atomic E-state index is -0.906. The second kappa shape index (κ2) is 5.34. The minimum absolute atomic E-state index is 0.0407. The van der Waals surface area contributed by atoms with Crippen LogP contribution >= 0.6 is 0 Å². The lowest BCUT2D eigenvalue weighted by Crippen LogP contribution is -2.44. The van der Waals surface area contributed by atoms with Crippen LogP contribution in [0.1, 0.15) is 38.5 Å². The lowest BCUT2D eigenvalue weighted by molar-refractivity contribution is -0.142. The highest BCUT2D eigenvalue weighted by Crippen LogP contribution is 2.33. The number of hydrogen-bond donors (Lipinski definition) is 2. The summed E-state index contributed by atoms with van der Waals surface area (Å²) in [4.78, 5) is 23.0. The molecule has 1 fully saturated rings. The van der Waals surface area contributed by atoms with E-state index in [1.807, 2.05) is 6.08 Å². The maximum atomic E-state index is 11.9. The van der Waals surface area contributed by atoms with E-state index in [9.17, 15) is 9.59 Å². The third kappa shape index (κ3) is 3.58. The Balaban J connectivity index is 1.85. The molecule has 0 aliphatic heterocycles. The van der Waals surface area contributed by atoms with Crippen LogP contribution in [0.5, 0.6) is 0 Å². The maximum Gasteiger partial charge on any atom is 0.326 e. The number of allylic oxidation sites excluding steroid dienone is 2. The van der Waals surface area contributed by atoms with Crippen molar-refractivity contribution < 1.29 is 14.7 Å². The molecule has 1 saturated carbocycles. The summed E-state index contributed by atoms with van der Waals surface area (Å²) in [7, 11) is 0. The normalized spacial score (nSPS) is 25.3. The van der Waals surface area contributed by atoms with E-state index in [0.29, 0.717) is 12.3 Å². The summed E-state index contributed by atoms with van der Waals surface area (Å²) in [5.41, 5.74) is 0. The molecule has 4 nitrogen and oxygen atoms in total. The molecule has 2 aliphatic rings. The van der Waals surface area contributed by atoms with E-state index in [1.54, 1.807) is 0 Å². The zero-order valence-electron chi connectivity index (χ0n) is 9.89. The second-order valence-electron chi connectivity index (χ2n) is 5.06. The van der Waals surface area contributed by atoms with Crippen LogP contribution in [0.25, 0.3) is 0 Å². The summed E-state index contributed by atoms with van der Waals surface area (Å²) in [5.74, 6) is -0.539. The van der Waals surface area contributed by atoms with Gasteiger partial charge in [-0.05, 0) is 31.6 Å². The first-order chi connectivity index (χ1) is 8.16. The lowest BCUT2D eigenvalue weighted by atomic mass is 9.93. The van der Waals surface area contributed by atoms with Crippen molar-refractivity contribution in [3.8, 4) is 0 Å². The van der Waals surface area contributed by atoms with Crippen molar-refractivity contribution in [3.05, 3.63) is 12.2 Å². The molecular weight excluding hydrogens is 218 g/mol. The van der Waals surface area contributed by atoms with Gasteiger partial charge in [0, 0.05) is 5.92 Å². The van der Waals surface area contributed by atoms with Gasteiger partial charge < -0.3 is 10.4 Å². The standard InChI is InChI=1S/C13H19NO3/c15-12(10-4-2-1-3-5-10)14-11(13(16)17)8-9-6-7-9/h1-2,9-11H,3-8H2,(H,14,15)(H,16,17). The summed E-state index contributed by atoms with van der Waals surface area (Å²) in [6.45, 7) is 0. The zero-order valence-corrected chi connectivity index (χ0v) is 9.89. The van der Waals surface area contributed by atoms with Gasteiger partial charge in [0.25, 0.3) is 0 Å². The molecule has 2 N–H and O–H groups in total. The number of rotatable bonds is 5. The van der Waals surface area contributed by atoms with Crippen LogP contribution in [0, 0.1) is 11.8 Å². The fraction of sp³-hybridized carbons (Fsp3) is 0.692. The number of carboxylic acid groups (broad SMARTS) is 1. The second-order valence-corrected chi connectivity index (χ2v) is 5.06. The van der Waals surface area contributed by atoms with E-state index in [2.05, 4.69) is 11.4 Å². The van der Waals surface area contributed by atoms with E-state index in [1.165, 1.54) is 0 Å². The highest BCUT2D eigenvalue weighted by molar-refractivity contribution is 5.85. The Morgan fingerprint density at radius 3 is 2.59 bits per heavy atom. The van der Waals surface area contributed by atoms with Crippen LogP contribution in [0.2, 0.25) is 0 Å². The molecule has 4 heteroatoms. The maximum absolute atomic E-state index is 11.9. The fourth-order valence-electron chi connectivity index (χ4n) is 2.23. The van der Waals surface area contributed by atoms with Gasteiger partial charge in [-0.15, -0.1) is 0 Å². The number of aliphatic carboxylic acids is 1. The predicted molar refractivity (Wildman–Crippen MR) is 63.4 cm³/mol. The van der Waals surface area contributed by atoms with Gasteiger partial charge in [-0.25, -0.2) is 4.79 Å². The average Bonchev–Trinajstić information content (AvgIpc) is 3.13. The fourth-order valence-corrected chi connectivity index (χ4v) is 2.23. The molecule has 2 atom stereocenters. The Kier molecular flexibility index (Phi) is 3.82. The van der Waals surface area contributed by atoms with Gasteiger partial charge in [-0.2, -0.15) is 0 Å². The molecule has 2 aliphatic carbocycles. The quantitative estimate of drug-likeness (QED) is 0.715. The van der Waals surface area contributed by atoms with E-state index < -0.39 is 12.0 Å². The van der Waals surface area contributed by atoms with Gasteiger partial charge in [-0.1, -0.05) is 25.0 Å². The molecule has 17 heavy (non-hydrogen) atoms. The average molecular weight is 237 g/mol. The molecule has 94 valence electrons. The third-order valence-corrected chi connectivity index (χ3v) is 3.52. The van der Waals surface area contributed by atoms with Crippen molar-refractivity contribution in [2.45, 2.75) is 44.6 Å². The largest absolute Gasteiger partial charge is 0.480 e. The number of amides is 1. The summed E-state index contributed by atoms with van der Waals surface area (Å²) >= 11 is 0. The van der Waals surface area contributed by atoms with E-state index in [4.69, 9.17) is 5.11 Å². The number of nitrogens with one attached hydrogen (secondary N) is 1. The number of carbonyl (C=O) groups is 2. The van der Waals surface area contributed by atoms with Gasteiger partial charge in [0.05, 0.1) is 0 Å². The first-order valence-corrected chi connectivity index (χ1v) is 6.35. The third-order valence-electron chi connectivity index (χ3n) is 3.52. The highest BCUT2D eigenvalue weighted by Gasteiger charge is 2.31. The lowest BCUT2D eigenvalue weighted by Gasteiger charge is -2.20. The summed E-state index contributed by atoms with van der Waals surface area (Å²) in [6.07, 6.45) is 9.35. The first-order valence-electron chi connectivity index (χ1n) is 6.35.